The molecule has 0 aliphatic rings. The zero-order chi connectivity index (χ0) is 20.7. The average Bonchev–Trinajstić information content (AvgIpc) is 2.66. The Hall–Kier alpha value is -2.98. The van der Waals surface area contributed by atoms with Gasteiger partial charge in [0.15, 0.2) is 0 Å². The van der Waals surface area contributed by atoms with E-state index in [1.807, 2.05) is 0 Å². The molecule has 0 aromatic heterocycles. The average molecular weight is 409 g/mol. The molecule has 10 heteroatoms. The number of nitrogens with one attached hydrogen (secondary N) is 3. The van der Waals surface area contributed by atoms with Gasteiger partial charge in [0.05, 0.1) is 19.6 Å². The van der Waals surface area contributed by atoms with Gasteiger partial charge in [0, 0.05) is 0 Å². The van der Waals surface area contributed by atoms with Crippen LogP contribution >= 0.6 is 0 Å². The highest BCUT2D eigenvalue weighted by Crippen LogP contribution is 2.14. The van der Waals surface area contributed by atoms with Crippen LogP contribution in [0.4, 0.5) is 4.39 Å². The lowest BCUT2D eigenvalue weighted by Gasteiger charge is -2.15. The Labute approximate surface area is 162 Å². The Morgan fingerprint density at radius 2 is 1.71 bits per heavy atom. The Balaban J connectivity index is 1.88. The zero-order valence-corrected chi connectivity index (χ0v) is 16.0. The van der Waals surface area contributed by atoms with Gasteiger partial charge in [0.25, 0.3) is 5.91 Å². The molecular formula is C18H20FN3O5S. The fourth-order valence-electron chi connectivity index (χ4n) is 2.22. The molecule has 0 aliphatic heterocycles. The summed E-state index contributed by atoms with van der Waals surface area (Å²) in [5.74, 6) is -1.59. The highest BCUT2D eigenvalue weighted by molar-refractivity contribution is 7.89. The number of hydrogen-bond acceptors (Lipinski definition) is 5. The summed E-state index contributed by atoms with van der Waals surface area (Å²) >= 11 is 0. The van der Waals surface area contributed by atoms with Crippen LogP contribution in [0.3, 0.4) is 0 Å². The summed E-state index contributed by atoms with van der Waals surface area (Å²) in [6.07, 6.45) is -0.000388. The van der Waals surface area contributed by atoms with Crippen LogP contribution in [-0.2, 0) is 26.0 Å². The van der Waals surface area contributed by atoms with Crippen molar-refractivity contribution < 1.29 is 27.1 Å². The van der Waals surface area contributed by atoms with Crippen LogP contribution in [-0.4, -0.2) is 33.4 Å². The number of halogens is 1. The van der Waals surface area contributed by atoms with Gasteiger partial charge in [-0.2, -0.15) is 4.72 Å². The SMILES string of the molecule is COc1ccc(CC(=O)NNC(=O)[C@H](C)NS(=O)(=O)c2ccccc2F)cc1. The van der Waals surface area contributed by atoms with E-state index in [-0.39, 0.29) is 6.42 Å². The molecule has 0 unspecified atom stereocenters. The molecule has 2 aromatic rings. The summed E-state index contributed by atoms with van der Waals surface area (Å²) in [6.45, 7) is 1.27. The van der Waals surface area contributed by atoms with Crippen molar-refractivity contribution >= 4 is 21.8 Å². The van der Waals surface area contributed by atoms with E-state index < -0.39 is 38.6 Å². The van der Waals surface area contributed by atoms with Crippen molar-refractivity contribution in [1.82, 2.24) is 15.6 Å². The van der Waals surface area contributed by atoms with Crippen LogP contribution in [0.5, 0.6) is 5.75 Å². The first-order valence-corrected chi connectivity index (χ1v) is 9.69. The number of benzene rings is 2. The Bertz CT molecular complexity index is 948. The highest BCUT2D eigenvalue weighted by Gasteiger charge is 2.24. The van der Waals surface area contributed by atoms with Gasteiger partial charge in [0.1, 0.15) is 16.5 Å². The maximum Gasteiger partial charge on any atom is 0.256 e. The van der Waals surface area contributed by atoms with Gasteiger partial charge in [0.2, 0.25) is 15.9 Å². The van der Waals surface area contributed by atoms with Crippen molar-refractivity contribution in [3.63, 3.8) is 0 Å². The number of carbonyl (C=O) groups is 2. The molecular weight excluding hydrogens is 389 g/mol. The van der Waals surface area contributed by atoms with Crippen LogP contribution in [0.1, 0.15) is 12.5 Å². The third-order valence-electron chi connectivity index (χ3n) is 3.70. The quantitative estimate of drug-likeness (QED) is 0.588. The fraction of sp³-hybridized carbons (Fsp3) is 0.222. The standard InChI is InChI=1S/C18H20FN3O5S/c1-12(22-28(25,26)16-6-4-3-5-15(16)19)18(24)21-20-17(23)11-13-7-9-14(27-2)10-8-13/h3-10,12,22H,11H2,1-2H3,(H,20,23)(H,21,24)/t12-/m0/s1. The van der Waals surface area contributed by atoms with E-state index in [9.17, 15) is 22.4 Å². The fourth-order valence-corrected chi connectivity index (χ4v) is 3.51. The van der Waals surface area contributed by atoms with Crippen molar-refractivity contribution in [3.05, 3.63) is 59.9 Å². The zero-order valence-electron chi connectivity index (χ0n) is 15.2. The van der Waals surface area contributed by atoms with E-state index >= 15 is 0 Å². The van der Waals surface area contributed by atoms with E-state index in [1.165, 1.54) is 26.2 Å². The minimum absolute atomic E-state index is 0.000388. The monoisotopic (exact) mass is 409 g/mol. The van der Waals surface area contributed by atoms with Gasteiger partial charge in [-0.25, -0.2) is 12.8 Å². The molecule has 0 spiro atoms. The van der Waals surface area contributed by atoms with Gasteiger partial charge >= 0.3 is 0 Å². The van der Waals surface area contributed by atoms with Gasteiger partial charge in [-0.05, 0) is 36.8 Å². The summed E-state index contributed by atoms with van der Waals surface area (Å²) in [5, 5.41) is 0. The third-order valence-corrected chi connectivity index (χ3v) is 5.27. The summed E-state index contributed by atoms with van der Waals surface area (Å²) in [6, 6.07) is 10.3. The smallest absolute Gasteiger partial charge is 0.256 e. The van der Waals surface area contributed by atoms with Gasteiger partial charge in [-0.15, -0.1) is 0 Å². The van der Waals surface area contributed by atoms with Crippen molar-refractivity contribution in [2.75, 3.05) is 7.11 Å². The number of ether oxygens (including phenoxy) is 1. The third kappa shape index (κ3) is 5.76. The highest BCUT2D eigenvalue weighted by atomic mass is 32.2. The summed E-state index contributed by atoms with van der Waals surface area (Å²) in [7, 11) is -2.71. The molecule has 0 heterocycles. The number of sulfonamides is 1. The van der Waals surface area contributed by atoms with E-state index in [2.05, 4.69) is 15.6 Å². The van der Waals surface area contributed by atoms with Gasteiger partial charge in [-0.1, -0.05) is 24.3 Å². The molecule has 3 N–H and O–H groups in total. The molecule has 2 amide bonds. The Morgan fingerprint density at radius 3 is 2.32 bits per heavy atom. The van der Waals surface area contributed by atoms with Crippen LogP contribution in [0, 0.1) is 5.82 Å². The normalized spacial score (nSPS) is 12.1. The van der Waals surface area contributed by atoms with Crippen molar-refractivity contribution in [1.29, 1.82) is 0 Å². The number of hydrogen-bond donors (Lipinski definition) is 3. The van der Waals surface area contributed by atoms with Crippen molar-refractivity contribution in [3.8, 4) is 5.75 Å². The largest absolute Gasteiger partial charge is 0.497 e. The molecule has 0 fully saturated rings. The van der Waals surface area contributed by atoms with E-state index in [0.717, 1.165) is 12.1 Å². The summed E-state index contributed by atoms with van der Waals surface area (Å²) in [4.78, 5) is 23.3. The van der Waals surface area contributed by atoms with Gasteiger partial charge < -0.3 is 4.74 Å². The molecule has 150 valence electrons. The molecule has 2 rings (SSSR count). The van der Waals surface area contributed by atoms with Crippen LogP contribution in [0.15, 0.2) is 53.4 Å². The molecule has 1 atom stereocenters. The second-order valence-electron chi connectivity index (χ2n) is 5.84. The maximum absolute atomic E-state index is 13.7. The first-order chi connectivity index (χ1) is 13.2. The van der Waals surface area contributed by atoms with E-state index in [4.69, 9.17) is 4.74 Å². The molecule has 8 nitrogen and oxygen atoms in total. The van der Waals surface area contributed by atoms with Crippen molar-refractivity contribution in [2.24, 2.45) is 0 Å². The summed E-state index contributed by atoms with van der Waals surface area (Å²) < 4.78 is 45.1. The van der Waals surface area contributed by atoms with E-state index in [0.29, 0.717) is 11.3 Å². The number of methoxy groups -OCH3 is 1. The molecule has 0 aliphatic carbocycles. The number of hydrazine groups is 1. The second-order valence-corrected chi connectivity index (χ2v) is 7.52. The maximum atomic E-state index is 13.7. The number of amides is 2. The predicted molar refractivity (Wildman–Crippen MR) is 99.2 cm³/mol. The lowest BCUT2D eigenvalue weighted by molar-refractivity contribution is -0.129. The molecule has 0 saturated heterocycles. The molecule has 28 heavy (non-hydrogen) atoms. The first-order valence-electron chi connectivity index (χ1n) is 8.21. The van der Waals surface area contributed by atoms with Crippen LogP contribution < -0.4 is 20.3 Å². The summed E-state index contributed by atoms with van der Waals surface area (Å²) in [5.41, 5.74) is 5.02. The van der Waals surface area contributed by atoms with Crippen molar-refractivity contribution in [2.45, 2.75) is 24.3 Å². The second kappa shape index (κ2) is 9.29. The van der Waals surface area contributed by atoms with Crippen LogP contribution in [0.25, 0.3) is 0 Å². The molecule has 0 saturated carbocycles. The lowest BCUT2D eigenvalue weighted by Crippen LogP contribution is -2.51. The number of carbonyl (C=O) groups excluding carboxylic acids is 2. The Morgan fingerprint density at radius 1 is 1.07 bits per heavy atom. The predicted octanol–water partition coefficient (Wildman–Crippen LogP) is 0.891. The minimum Gasteiger partial charge on any atom is -0.497 e. The Kier molecular flexibility index (Phi) is 7.07. The topological polar surface area (TPSA) is 114 Å². The lowest BCUT2D eigenvalue weighted by atomic mass is 10.1. The first kappa shape index (κ1) is 21.3. The van der Waals surface area contributed by atoms with Crippen LogP contribution in [0.2, 0.25) is 0 Å². The van der Waals surface area contributed by atoms with Gasteiger partial charge in [-0.3, -0.25) is 20.4 Å². The number of rotatable bonds is 7. The minimum atomic E-state index is -4.24. The molecule has 2 aromatic carbocycles. The van der Waals surface area contributed by atoms with E-state index in [1.54, 1.807) is 24.3 Å². The molecule has 0 bridgehead atoms. The molecule has 0 radical (unpaired) electrons.